The van der Waals surface area contributed by atoms with Crippen LogP contribution in [0.4, 0.5) is 5.13 Å². The first kappa shape index (κ1) is 11.9. The molecule has 0 spiro atoms. The van der Waals surface area contributed by atoms with E-state index in [1.165, 1.54) is 37.3 Å². The fourth-order valence-corrected chi connectivity index (χ4v) is 3.52. The molecule has 3 aliphatic rings. The van der Waals surface area contributed by atoms with E-state index in [4.69, 9.17) is 0 Å². The molecule has 0 aromatic carbocycles. The van der Waals surface area contributed by atoms with Crippen LogP contribution in [0.25, 0.3) is 0 Å². The summed E-state index contributed by atoms with van der Waals surface area (Å²) in [5, 5.41) is 8.69. The molecule has 0 saturated carbocycles. The molecule has 4 heterocycles. The van der Waals surface area contributed by atoms with Crippen LogP contribution in [-0.4, -0.2) is 48.5 Å². The summed E-state index contributed by atoms with van der Waals surface area (Å²) in [7, 11) is 1.81. The number of carbonyl (C=O) groups is 1. The summed E-state index contributed by atoms with van der Waals surface area (Å²) in [6.07, 6.45) is 2.42. The van der Waals surface area contributed by atoms with Crippen molar-refractivity contribution in [3.63, 3.8) is 0 Å². The molecule has 3 aliphatic heterocycles. The summed E-state index contributed by atoms with van der Waals surface area (Å²) in [6, 6.07) is 0.305. The molecule has 1 aromatic heterocycles. The SMILES string of the molecule is CNc1nc(C(=O)NC2CN3CCC2CC3)cs1. The van der Waals surface area contributed by atoms with Gasteiger partial charge in [0.25, 0.3) is 5.91 Å². The van der Waals surface area contributed by atoms with Gasteiger partial charge in [0.1, 0.15) is 5.69 Å². The zero-order valence-electron chi connectivity index (χ0n) is 10.5. The Morgan fingerprint density at radius 3 is 2.83 bits per heavy atom. The van der Waals surface area contributed by atoms with E-state index in [0.717, 1.165) is 11.7 Å². The maximum atomic E-state index is 12.1. The summed E-state index contributed by atoms with van der Waals surface area (Å²) in [4.78, 5) is 18.8. The van der Waals surface area contributed by atoms with Crippen LogP contribution in [0.5, 0.6) is 0 Å². The highest BCUT2D eigenvalue weighted by atomic mass is 32.1. The predicted molar refractivity (Wildman–Crippen MR) is 72.1 cm³/mol. The number of fused-ring (bicyclic) bond motifs is 3. The molecule has 1 atom stereocenters. The van der Waals surface area contributed by atoms with Crippen LogP contribution in [0.3, 0.4) is 0 Å². The number of thiazole rings is 1. The smallest absolute Gasteiger partial charge is 0.271 e. The van der Waals surface area contributed by atoms with E-state index >= 15 is 0 Å². The molecule has 4 rings (SSSR count). The zero-order chi connectivity index (χ0) is 12.5. The van der Waals surface area contributed by atoms with Gasteiger partial charge in [-0.15, -0.1) is 11.3 Å². The molecule has 1 unspecified atom stereocenters. The molecule has 18 heavy (non-hydrogen) atoms. The summed E-state index contributed by atoms with van der Waals surface area (Å²) < 4.78 is 0. The number of nitrogens with one attached hydrogen (secondary N) is 2. The van der Waals surface area contributed by atoms with Crippen LogP contribution >= 0.6 is 11.3 Å². The Morgan fingerprint density at radius 1 is 1.50 bits per heavy atom. The van der Waals surface area contributed by atoms with Crippen molar-refractivity contribution in [2.24, 2.45) is 5.92 Å². The second-order valence-corrected chi connectivity index (χ2v) is 5.86. The lowest BCUT2D eigenvalue weighted by molar-refractivity contribution is 0.0618. The number of aromatic nitrogens is 1. The van der Waals surface area contributed by atoms with Gasteiger partial charge in [0.2, 0.25) is 0 Å². The lowest BCUT2D eigenvalue weighted by Gasteiger charge is -2.44. The molecule has 1 amide bonds. The van der Waals surface area contributed by atoms with Crippen LogP contribution in [-0.2, 0) is 0 Å². The number of nitrogens with zero attached hydrogens (tertiary/aromatic N) is 2. The number of carbonyl (C=O) groups excluding carboxylic acids is 1. The Bertz CT molecular complexity index is 439. The predicted octanol–water partition coefficient (Wildman–Crippen LogP) is 1.01. The lowest BCUT2D eigenvalue weighted by Crippen LogP contribution is -2.57. The van der Waals surface area contributed by atoms with E-state index < -0.39 is 0 Å². The van der Waals surface area contributed by atoms with Crippen molar-refractivity contribution in [1.29, 1.82) is 0 Å². The fraction of sp³-hybridized carbons (Fsp3) is 0.667. The number of hydrogen-bond donors (Lipinski definition) is 2. The highest BCUT2D eigenvalue weighted by molar-refractivity contribution is 7.13. The summed E-state index contributed by atoms with van der Waals surface area (Å²) in [6.45, 7) is 3.38. The van der Waals surface area contributed by atoms with Crippen molar-refractivity contribution >= 4 is 22.4 Å². The molecule has 6 heteroatoms. The average molecular weight is 266 g/mol. The van der Waals surface area contributed by atoms with Crippen LogP contribution in [0.15, 0.2) is 5.38 Å². The lowest BCUT2D eigenvalue weighted by atomic mass is 9.84. The van der Waals surface area contributed by atoms with Gasteiger partial charge in [-0.25, -0.2) is 4.98 Å². The van der Waals surface area contributed by atoms with Gasteiger partial charge >= 0.3 is 0 Å². The number of rotatable bonds is 3. The van der Waals surface area contributed by atoms with E-state index in [1.807, 2.05) is 12.4 Å². The maximum Gasteiger partial charge on any atom is 0.271 e. The third kappa shape index (κ3) is 2.22. The molecule has 98 valence electrons. The van der Waals surface area contributed by atoms with E-state index in [-0.39, 0.29) is 5.91 Å². The first-order valence-corrected chi connectivity index (χ1v) is 7.30. The molecule has 3 fully saturated rings. The molecule has 5 nitrogen and oxygen atoms in total. The number of amides is 1. The van der Waals surface area contributed by atoms with Crippen molar-refractivity contribution in [2.75, 3.05) is 32.0 Å². The molecule has 0 aliphatic carbocycles. The molecule has 2 bridgehead atoms. The fourth-order valence-electron chi connectivity index (χ4n) is 2.86. The van der Waals surface area contributed by atoms with Crippen LogP contribution in [0, 0.1) is 5.92 Å². The van der Waals surface area contributed by atoms with E-state index in [1.54, 1.807) is 0 Å². The van der Waals surface area contributed by atoms with Crippen molar-refractivity contribution in [1.82, 2.24) is 15.2 Å². The van der Waals surface area contributed by atoms with Crippen molar-refractivity contribution in [2.45, 2.75) is 18.9 Å². The second-order valence-electron chi connectivity index (χ2n) is 5.01. The first-order valence-electron chi connectivity index (χ1n) is 6.43. The standard InChI is InChI=1S/C12H18N4OS/c1-13-12-15-10(7-18-12)11(17)14-9-6-16-4-2-8(9)3-5-16/h7-9H,2-6H2,1H3,(H,13,15)(H,14,17). The maximum absolute atomic E-state index is 12.1. The van der Waals surface area contributed by atoms with Crippen molar-refractivity contribution < 1.29 is 4.79 Å². The summed E-state index contributed by atoms with van der Waals surface area (Å²) >= 11 is 1.46. The third-order valence-corrected chi connectivity index (χ3v) is 4.78. The Hall–Kier alpha value is -1.14. The summed E-state index contributed by atoms with van der Waals surface area (Å²) in [5.41, 5.74) is 0.529. The van der Waals surface area contributed by atoms with Gasteiger partial charge in [-0.1, -0.05) is 0 Å². The van der Waals surface area contributed by atoms with Gasteiger partial charge in [0, 0.05) is 25.0 Å². The number of anilines is 1. The summed E-state index contributed by atoms with van der Waals surface area (Å²) in [5.74, 6) is 0.618. The number of piperidine rings is 3. The molecule has 2 N–H and O–H groups in total. The molecule has 1 aromatic rings. The number of hydrogen-bond acceptors (Lipinski definition) is 5. The van der Waals surface area contributed by atoms with Gasteiger partial charge in [-0.3, -0.25) is 4.79 Å². The van der Waals surface area contributed by atoms with E-state index in [0.29, 0.717) is 17.7 Å². The first-order chi connectivity index (χ1) is 8.76. The van der Waals surface area contributed by atoms with Gasteiger partial charge in [0.15, 0.2) is 5.13 Å². The molecular formula is C12H18N4OS. The Labute approximate surface area is 111 Å². The minimum Gasteiger partial charge on any atom is -0.365 e. The Balaban J connectivity index is 1.64. The minimum atomic E-state index is -0.0356. The van der Waals surface area contributed by atoms with Gasteiger partial charge in [-0.05, 0) is 31.8 Å². The Morgan fingerprint density at radius 2 is 2.28 bits per heavy atom. The van der Waals surface area contributed by atoms with Gasteiger partial charge < -0.3 is 15.5 Å². The van der Waals surface area contributed by atoms with E-state index in [2.05, 4.69) is 20.5 Å². The molecule has 3 saturated heterocycles. The average Bonchev–Trinajstić information content (AvgIpc) is 2.89. The monoisotopic (exact) mass is 266 g/mol. The normalized spacial score (nSPS) is 30.2. The minimum absolute atomic E-state index is 0.0356. The van der Waals surface area contributed by atoms with Crippen molar-refractivity contribution in [3.05, 3.63) is 11.1 Å². The van der Waals surface area contributed by atoms with Crippen LogP contribution in [0.2, 0.25) is 0 Å². The van der Waals surface area contributed by atoms with Crippen LogP contribution in [0.1, 0.15) is 23.3 Å². The van der Waals surface area contributed by atoms with Crippen molar-refractivity contribution in [3.8, 4) is 0 Å². The third-order valence-electron chi connectivity index (χ3n) is 3.92. The highest BCUT2D eigenvalue weighted by Crippen LogP contribution is 2.27. The Kier molecular flexibility index (Phi) is 3.22. The van der Waals surface area contributed by atoms with E-state index in [9.17, 15) is 4.79 Å². The second kappa shape index (κ2) is 4.85. The zero-order valence-corrected chi connectivity index (χ0v) is 11.3. The largest absolute Gasteiger partial charge is 0.365 e. The topological polar surface area (TPSA) is 57.3 Å². The molecule has 0 radical (unpaired) electrons. The van der Waals surface area contributed by atoms with Crippen LogP contribution < -0.4 is 10.6 Å². The van der Waals surface area contributed by atoms with Gasteiger partial charge in [-0.2, -0.15) is 0 Å². The molecular weight excluding hydrogens is 248 g/mol. The quantitative estimate of drug-likeness (QED) is 0.857. The van der Waals surface area contributed by atoms with Gasteiger partial charge in [0.05, 0.1) is 0 Å². The highest BCUT2D eigenvalue weighted by Gasteiger charge is 2.35.